The number of aromatic nitrogens is 4. The minimum absolute atomic E-state index is 0.642. The lowest BCUT2D eigenvalue weighted by molar-refractivity contribution is 0.409. The van der Waals surface area contributed by atoms with Crippen molar-refractivity contribution >= 4 is 11.6 Å². The highest BCUT2D eigenvalue weighted by atomic mass is 16.5. The molecule has 6 heteroatoms. The van der Waals surface area contributed by atoms with Crippen molar-refractivity contribution in [2.45, 2.75) is 19.8 Å². The van der Waals surface area contributed by atoms with Gasteiger partial charge in [0.25, 0.3) is 5.78 Å². The number of anilines is 1. The highest BCUT2D eigenvalue weighted by Crippen LogP contribution is 2.20. The van der Waals surface area contributed by atoms with Crippen LogP contribution in [0.5, 0.6) is 5.75 Å². The molecule has 0 saturated carbocycles. The second-order valence-corrected chi connectivity index (χ2v) is 5.41. The Labute approximate surface area is 135 Å². The van der Waals surface area contributed by atoms with Gasteiger partial charge in [-0.15, -0.1) is 0 Å². The van der Waals surface area contributed by atoms with E-state index in [0.717, 1.165) is 36.6 Å². The summed E-state index contributed by atoms with van der Waals surface area (Å²) in [5.74, 6) is 2.57. The molecule has 6 nitrogen and oxygen atoms in total. The van der Waals surface area contributed by atoms with Crippen LogP contribution in [0.2, 0.25) is 0 Å². The largest absolute Gasteiger partial charge is 0.496 e. The molecule has 0 spiro atoms. The number of methoxy groups -OCH3 is 1. The average molecular weight is 311 g/mol. The van der Waals surface area contributed by atoms with Gasteiger partial charge < -0.3 is 9.64 Å². The summed E-state index contributed by atoms with van der Waals surface area (Å²) in [4.78, 5) is 10.9. The van der Waals surface area contributed by atoms with Gasteiger partial charge in [-0.1, -0.05) is 25.1 Å². The summed E-state index contributed by atoms with van der Waals surface area (Å²) in [5, 5.41) is 4.28. The number of fused-ring (bicyclic) bond motifs is 1. The average Bonchev–Trinajstić information content (AvgIpc) is 3.07. The SMILES string of the molecule is CCc1cc(N(C)CCc2ccccc2OC)n2ncnc2n1. The number of ether oxygens (including phenoxy) is 1. The molecule has 0 N–H and O–H groups in total. The van der Waals surface area contributed by atoms with E-state index in [1.165, 1.54) is 5.56 Å². The van der Waals surface area contributed by atoms with Crippen molar-refractivity contribution in [1.29, 1.82) is 0 Å². The van der Waals surface area contributed by atoms with Gasteiger partial charge in [-0.05, 0) is 24.5 Å². The molecule has 0 aliphatic carbocycles. The number of hydrogen-bond donors (Lipinski definition) is 0. The fourth-order valence-electron chi connectivity index (χ4n) is 2.61. The number of nitrogens with zero attached hydrogens (tertiary/aromatic N) is 5. The Bertz CT molecular complexity index is 799. The van der Waals surface area contributed by atoms with Crippen molar-refractivity contribution < 1.29 is 4.74 Å². The molecule has 0 bridgehead atoms. The molecule has 0 amide bonds. The summed E-state index contributed by atoms with van der Waals surface area (Å²) in [7, 11) is 3.77. The topological polar surface area (TPSA) is 55.6 Å². The maximum Gasteiger partial charge on any atom is 0.254 e. The first-order valence-electron chi connectivity index (χ1n) is 7.75. The quantitative estimate of drug-likeness (QED) is 0.699. The van der Waals surface area contributed by atoms with Gasteiger partial charge in [-0.2, -0.15) is 14.6 Å². The Morgan fingerprint density at radius 1 is 1.26 bits per heavy atom. The van der Waals surface area contributed by atoms with E-state index >= 15 is 0 Å². The zero-order valence-corrected chi connectivity index (χ0v) is 13.7. The fraction of sp³-hybridized carbons (Fsp3) is 0.353. The first kappa shape index (κ1) is 15.3. The molecule has 120 valence electrons. The fourth-order valence-corrected chi connectivity index (χ4v) is 2.61. The van der Waals surface area contributed by atoms with E-state index in [0.29, 0.717) is 5.78 Å². The maximum absolute atomic E-state index is 5.42. The van der Waals surface area contributed by atoms with Crippen LogP contribution in [0.15, 0.2) is 36.7 Å². The van der Waals surface area contributed by atoms with Crippen LogP contribution in [0, 0.1) is 0 Å². The highest BCUT2D eigenvalue weighted by molar-refractivity contribution is 5.47. The zero-order chi connectivity index (χ0) is 16.2. The van der Waals surface area contributed by atoms with Gasteiger partial charge in [0.05, 0.1) is 7.11 Å². The van der Waals surface area contributed by atoms with Crippen LogP contribution in [-0.4, -0.2) is 40.3 Å². The molecular formula is C17H21N5O. The Morgan fingerprint density at radius 2 is 2.09 bits per heavy atom. The van der Waals surface area contributed by atoms with Crippen molar-refractivity contribution in [1.82, 2.24) is 19.6 Å². The van der Waals surface area contributed by atoms with E-state index in [9.17, 15) is 0 Å². The second-order valence-electron chi connectivity index (χ2n) is 5.41. The summed E-state index contributed by atoms with van der Waals surface area (Å²) in [5.41, 5.74) is 2.21. The Morgan fingerprint density at radius 3 is 2.87 bits per heavy atom. The molecule has 2 heterocycles. The second kappa shape index (κ2) is 6.64. The van der Waals surface area contributed by atoms with Gasteiger partial charge in [0.15, 0.2) is 0 Å². The Hall–Kier alpha value is -2.63. The summed E-state index contributed by atoms with van der Waals surface area (Å²) in [6.45, 7) is 2.94. The number of hydrogen-bond acceptors (Lipinski definition) is 5. The predicted molar refractivity (Wildman–Crippen MR) is 90.1 cm³/mol. The normalized spacial score (nSPS) is 10.9. The standard InChI is InChI=1S/C17H21N5O/c1-4-14-11-16(22-17(20-14)18-12-19-22)21(2)10-9-13-7-5-6-8-15(13)23-3/h5-8,11-12H,4,9-10H2,1-3H3. The van der Waals surface area contributed by atoms with E-state index in [1.54, 1.807) is 18.0 Å². The van der Waals surface area contributed by atoms with E-state index in [-0.39, 0.29) is 0 Å². The third kappa shape index (κ3) is 3.11. The van der Waals surface area contributed by atoms with Gasteiger partial charge in [0, 0.05) is 25.4 Å². The van der Waals surface area contributed by atoms with E-state index in [2.05, 4.69) is 46.1 Å². The smallest absolute Gasteiger partial charge is 0.254 e. The maximum atomic E-state index is 5.42. The summed E-state index contributed by atoms with van der Waals surface area (Å²) in [6.07, 6.45) is 3.30. The lowest BCUT2D eigenvalue weighted by atomic mass is 10.1. The van der Waals surface area contributed by atoms with Crippen LogP contribution in [0.4, 0.5) is 5.82 Å². The molecule has 0 radical (unpaired) electrons. The number of rotatable bonds is 6. The van der Waals surface area contributed by atoms with E-state index in [4.69, 9.17) is 4.74 Å². The third-order valence-corrected chi connectivity index (χ3v) is 3.95. The minimum Gasteiger partial charge on any atom is -0.496 e. The van der Waals surface area contributed by atoms with Crippen LogP contribution >= 0.6 is 0 Å². The molecule has 2 aromatic heterocycles. The van der Waals surface area contributed by atoms with Gasteiger partial charge >= 0.3 is 0 Å². The number of aryl methyl sites for hydroxylation is 1. The van der Waals surface area contributed by atoms with Crippen molar-refractivity contribution in [3.05, 3.63) is 47.9 Å². The van der Waals surface area contributed by atoms with Crippen LogP contribution in [0.3, 0.4) is 0 Å². The molecule has 0 unspecified atom stereocenters. The van der Waals surface area contributed by atoms with Crippen molar-refractivity contribution in [3.63, 3.8) is 0 Å². The van der Waals surface area contributed by atoms with Crippen LogP contribution in [0.1, 0.15) is 18.2 Å². The van der Waals surface area contributed by atoms with Gasteiger partial charge in [-0.3, -0.25) is 0 Å². The highest BCUT2D eigenvalue weighted by Gasteiger charge is 2.11. The van der Waals surface area contributed by atoms with Crippen molar-refractivity contribution in [2.75, 3.05) is 25.6 Å². The summed E-state index contributed by atoms with van der Waals surface area (Å²) >= 11 is 0. The molecule has 0 saturated heterocycles. The lowest BCUT2D eigenvalue weighted by Crippen LogP contribution is -2.23. The lowest BCUT2D eigenvalue weighted by Gasteiger charge is -2.20. The Balaban J connectivity index is 1.83. The molecular weight excluding hydrogens is 290 g/mol. The number of likely N-dealkylation sites (N-methyl/N-ethyl adjacent to an activating group) is 1. The molecule has 3 rings (SSSR count). The molecule has 0 atom stereocenters. The van der Waals surface area contributed by atoms with Gasteiger partial charge in [0.1, 0.15) is 17.9 Å². The monoisotopic (exact) mass is 311 g/mol. The van der Waals surface area contributed by atoms with Crippen LogP contribution in [0.25, 0.3) is 5.78 Å². The van der Waals surface area contributed by atoms with Crippen LogP contribution in [-0.2, 0) is 12.8 Å². The number of para-hydroxylation sites is 1. The van der Waals surface area contributed by atoms with E-state index in [1.807, 2.05) is 18.2 Å². The number of benzene rings is 1. The molecule has 1 aromatic carbocycles. The zero-order valence-electron chi connectivity index (χ0n) is 13.7. The van der Waals surface area contributed by atoms with Crippen molar-refractivity contribution in [2.24, 2.45) is 0 Å². The summed E-state index contributed by atoms with van der Waals surface area (Å²) in [6, 6.07) is 10.2. The van der Waals surface area contributed by atoms with Gasteiger partial charge in [-0.25, -0.2) is 4.98 Å². The van der Waals surface area contributed by atoms with Crippen molar-refractivity contribution in [3.8, 4) is 5.75 Å². The summed E-state index contributed by atoms with van der Waals surface area (Å²) < 4.78 is 7.20. The van der Waals surface area contributed by atoms with Gasteiger partial charge in [0.2, 0.25) is 0 Å². The predicted octanol–water partition coefficient (Wildman–Crippen LogP) is 2.37. The Kier molecular flexibility index (Phi) is 4.41. The molecule has 0 aliphatic heterocycles. The molecule has 0 fully saturated rings. The van der Waals surface area contributed by atoms with Crippen LogP contribution < -0.4 is 9.64 Å². The molecule has 23 heavy (non-hydrogen) atoms. The van der Waals surface area contributed by atoms with E-state index < -0.39 is 0 Å². The molecule has 3 aromatic rings. The third-order valence-electron chi connectivity index (χ3n) is 3.95. The minimum atomic E-state index is 0.642. The molecule has 0 aliphatic rings. The first-order valence-corrected chi connectivity index (χ1v) is 7.75. The first-order chi connectivity index (χ1) is 11.2.